The monoisotopic (exact) mass is 341 g/mol. The van der Waals surface area contributed by atoms with Crippen LogP contribution in [0.25, 0.3) is 0 Å². The highest BCUT2D eigenvalue weighted by molar-refractivity contribution is 9.10. The van der Waals surface area contributed by atoms with Crippen LogP contribution in [0, 0.1) is 6.92 Å². The van der Waals surface area contributed by atoms with Gasteiger partial charge in [0.1, 0.15) is 6.04 Å². The van der Waals surface area contributed by atoms with Crippen molar-refractivity contribution in [2.24, 2.45) is 0 Å². The molecule has 1 N–H and O–H groups in total. The molecule has 100 valence electrons. The molecule has 2 rings (SSSR count). The van der Waals surface area contributed by atoms with E-state index in [0.717, 1.165) is 15.7 Å². The average molecular weight is 343 g/mol. The van der Waals surface area contributed by atoms with E-state index in [4.69, 9.17) is 11.6 Å². The molecule has 0 aliphatic heterocycles. The van der Waals surface area contributed by atoms with Crippen molar-refractivity contribution in [2.75, 3.05) is 5.32 Å². The standard InChI is InChI=1S/C13H13BrClN3O/c1-8-3-4-11(15)5-12(8)17-13(19)9(2)18-7-10(14)6-16-18/h3-7,9H,1-2H3,(H,17,19). The predicted octanol–water partition coefficient (Wildman–Crippen LogP) is 3.81. The molecular formula is C13H13BrClN3O. The number of rotatable bonds is 3. The van der Waals surface area contributed by atoms with Crippen molar-refractivity contribution >= 4 is 39.1 Å². The fraction of sp³-hybridized carbons (Fsp3) is 0.231. The zero-order chi connectivity index (χ0) is 14.0. The van der Waals surface area contributed by atoms with Crippen LogP contribution in [0.2, 0.25) is 5.02 Å². The number of aromatic nitrogens is 2. The van der Waals surface area contributed by atoms with Gasteiger partial charge in [0.15, 0.2) is 0 Å². The highest BCUT2D eigenvalue weighted by atomic mass is 79.9. The third kappa shape index (κ3) is 3.36. The third-order valence-corrected chi connectivity index (χ3v) is 3.45. The molecule has 0 aliphatic carbocycles. The first-order valence-electron chi connectivity index (χ1n) is 5.74. The number of hydrogen-bond acceptors (Lipinski definition) is 2. The van der Waals surface area contributed by atoms with Crippen LogP contribution in [-0.2, 0) is 4.79 Å². The van der Waals surface area contributed by atoms with Crippen LogP contribution in [0.4, 0.5) is 5.69 Å². The zero-order valence-corrected chi connectivity index (χ0v) is 12.9. The summed E-state index contributed by atoms with van der Waals surface area (Å²) >= 11 is 9.23. The fourth-order valence-electron chi connectivity index (χ4n) is 1.61. The first kappa shape index (κ1) is 14.1. The van der Waals surface area contributed by atoms with Gasteiger partial charge in [0.2, 0.25) is 5.91 Å². The van der Waals surface area contributed by atoms with Gasteiger partial charge in [0.05, 0.1) is 10.7 Å². The van der Waals surface area contributed by atoms with Crippen molar-refractivity contribution in [2.45, 2.75) is 19.9 Å². The summed E-state index contributed by atoms with van der Waals surface area (Å²) in [5, 5.41) is 7.55. The predicted molar refractivity (Wildman–Crippen MR) is 79.5 cm³/mol. The summed E-state index contributed by atoms with van der Waals surface area (Å²) < 4.78 is 2.44. The van der Waals surface area contributed by atoms with Crippen molar-refractivity contribution in [3.63, 3.8) is 0 Å². The Kier molecular flexibility index (Phi) is 4.27. The lowest BCUT2D eigenvalue weighted by atomic mass is 10.2. The first-order chi connectivity index (χ1) is 8.97. The molecule has 0 spiro atoms. The lowest BCUT2D eigenvalue weighted by Gasteiger charge is -2.14. The van der Waals surface area contributed by atoms with Crippen molar-refractivity contribution in [1.29, 1.82) is 0 Å². The van der Waals surface area contributed by atoms with Crippen LogP contribution >= 0.6 is 27.5 Å². The van der Waals surface area contributed by atoms with Gasteiger partial charge in [0.25, 0.3) is 0 Å². The SMILES string of the molecule is Cc1ccc(Cl)cc1NC(=O)C(C)n1cc(Br)cn1. The molecule has 1 atom stereocenters. The Hall–Kier alpha value is -1.33. The van der Waals surface area contributed by atoms with E-state index in [-0.39, 0.29) is 5.91 Å². The lowest BCUT2D eigenvalue weighted by molar-refractivity contribution is -0.119. The summed E-state index contributed by atoms with van der Waals surface area (Å²) in [5.74, 6) is -0.138. The van der Waals surface area contributed by atoms with Gasteiger partial charge >= 0.3 is 0 Å². The smallest absolute Gasteiger partial charge is 0.248 e. The van der Waals surface area contributed by atoms with Crippen LogP contribution in [0.15, 0.2) is 35.1 Å². The van der Waals surface area contributed by atoms with Gasteiger partial charge in [-0.1, -0.05) is 17.7 Å². The summed E-state index contributed by atoms with van der Waals surface area (Å²) in [6.45, 7) is 3.70. The Morgan fingerprint density at radius 1 is 1.53 bits per heavy atom. The molecule has 6 heteroatoms. The quantitative estimate of drug-likeness (QED) is 0.922. The van der Waals surface area contributed by atoms with E-state index < -0.39 is 6.04 Å². The van der Waals surface area contributed by atoms with Crippen LogP contribution in [0.1, 0.15) is 18.5 Å². The number of carbonyl (C=O) groups excluding carboxylic acids is 1. The Balaban J connectivity index is 2.14. The molecule has 0 bridgehead atoms. The molecule has 0 radical (unpaired) electrons. The Labute approximate surface area is 124 Å². The highest BCUT2D eigenvalue weighted by Crippen LogP contribution is 2.21. The highest BCUT2D eigenvalue weighted by Gasteiger charge is 2.16. The number of amides is 1. The van der Waals surface area contributed by atoms with E-state index in [0.29, 0.717) is 5.02 Å². The van der Waals surface area contributed by atoms with Crippen LogP contribution in [-0.4, -0.2) is 15.7 Å². The maximum atomic E-state index is 12.2. The Morgan fingerprint density at radius 3 is 2.89 bits per heavy atom. The van der Waals surface area contributed by atoms with Crippen molar-refractivity contribution in [1.82, 2.24) is 9.78 Å². The first-order valence-corrected chi connectivity index (χ1v) is 6.91. The molecular weight excluding hydrogens is 330 g/mol. The molecule has 2 aromatic rings. The normalized spacial score (nSPS) is 12.2. The molecule has 0 fully saturated rings. The zero-order valence-electron chi connectivity index (χ0n) is 10.5. The molecule has 0 saturated carbocycles. The maximum absolute atomic E-state index is 12.2. The summed E-state index contributed by atoms with van der Waals surface area (Å²) in [4.78, 5) is 12.2. The Bertz CT molecular complexity index is 612. The fourth-order valence-corrected chi connectivity index (χ4v) is 2.09. The van der Waals surface area contributed by atoms with E-state index in [1.54, 1.807) is 36.1 Å². The second-order valence-electron chi connectivity index (χ2n) is 4.26. The van der Waals surface area contributed by atoms with Crippen LogP contribution < -0.4 is 5.32 Å². The minimum Gasteiger partial charge on any atom is -0.324 e. The third-order valence-electron chi connectivity index (χ3n) is 2.80. The van der Waals surface area contributed by atoms with Gasteiger partial charge in [-0.3, -0.25) is 9.48 Å². The van der Waals surface area contributed by atoms with Gasteiger partial charge in [-0.25, -0.2) is 0 Å². The minimum absolute atomic E-state index is 0.138. The molecule has 0 aliphatic rings. The largest absolute Gasteiger partial charge is 0.324 e. The number of carbonyl (C=O) groups is 1. The molecule has 1 aromatic heterocycles. The molecule has 0 saturated heterocycles. The summed E-state index contributed by atoms with van der Waals surface area (Å²) in [5.41, 5.74) is 1.68. The number of nitrogens with zero attached hydrogens (tertiary/aromatic N) is 2. The van der Waals surface area contributed by atoms with Crippen LogP contribution in [0.3, 0.4) is 0 Å². The van der Waals surface area contributed by atoms with Crippen molar-refractivity contribution < 1.29 is 4.79 Å². The van der Waals surface area contributed by atoms with Gasteiger partial charge in [-0.05, 0) is 47.5 Å². The summed E-state index contributed by atoms with van der Waals surface area (Å²) in [6, 6.07) is 5.00. The number of halogens is 2. The van der Waals surface area contributed by atoms with E-state index >= 15 is 0 Å². The van der Waals surface area contributed by atoms with Gasteiger partial charge in [0, 0.05) is 16.9 Å². The molecule has 1 heterocycles. The number of benzene rings is 1. The van der Waals surface area contributed by atoms with Gasteiger partial charge in [-0.2, -0.15) is 5.10 Å². The number of nitrogens with one attached hydrogen (secondary N) is 1. The molecule has 19 heavy (non-hydrogen) atoms. The Morgan fingerprint density at radius 2 is 2.26 bits per heavy atom. The molecule has 1 unspecified atom stereocenters. The van der Waals surface area contributed by atoms with E-state index in [9.17, 15) is 4.79 Å². The maximum Gasteiger partial charge on any atom is 0.248 e. The summed E-state index contributed by atoms with van der Waals surface area (Å²) in [7, 11) is 0. The summed E-state index contributed by atoms with van der Waals surface area (Å²) in [6.07, 6.45) is 3.41. The van der Waals surface area contributed by atoms with Gasteiger partial charge < -0.3 is 5.32 Å². The number of aryl methyl sites for hydroxylation is 1. The molecule has 4 nitrogen and oxygen atoms in total. The lowest BCUT2D eigenvalue weighted by Crippen LogP contribution is -2.24. The molecule has 1 amide bonds. The number of hydrogen-bond donors (Lipinski definition) is 1. The van der Waals surface area contributed by atoms with E-state index in [1.165, 1.54) is 0 Å². The van der Waals surface area contributed by atoms with E-state index in [1.807, 2.05) is 13.0 Å². The van der Waals surface area contributed by atoms with Gasteiger partial charge in [-0.15, -0.1) is 0 Å². The second kappa shape index (κ2) is 5.75. The minimum atomic E-state index is -0.398. The van der Waals surface area contributed by atoms with Crippen molar-refractivity contribution in [3.8, 4) is 0 Å². The topological polar surface area (TPSA) is 46.9 Å². The number of anilines is 1. The molecule has 1 aromatic carbocycles. The average Bonchev–Trinajstić information content (AvgIpc) is 2.79. The second-order valence-corrected chi connectivity index (χ2v) is 5.62. The van der Waals surface area contributed by atoms with E-state index in [2.05, 4.69) is 26.3 Å². The van der Waals surface area contributed by atoms with Crippen molar-refractivity contribution in [3.05, 3.63) is 45.7 Å². The van der Waals surface area contributed by atoms with Crippen LogP contribution in [0.5, 0.6) is 0 Å².